The van der Waals surface area contributed by atoms with Crippen molar-refractivity contribution in [1.82, 2.24) is 4.72 Å². The Morgan fingerprint density at radius 3 is 2.29 bits per heavy atom. The van der Waals surface area contributed by atoms with Crippen molar-refractivity contribution in [3.63, 3.8) is 0 Å². The van der Waals surface area contributed by atoms with Crippen LogP contribution in [0.4, 0.5) is 16.2 Å². The van der Waals surface area contributed by atoms with E-state index in [0.717, 1.165) is 24.8 Å². The van der Waals surface area contributed by atoms with Crippen LogP contribution in [0.15, 0.2) is 48.5 Å². The predicted octanol–water partition coefficient (Wildman–Crippen LogP) is 5.25. The molecule has 0 aliphatic heterocycles. The first-order valence-electron chi connectivity index (χ1n) is 11.9. The number of ether oxygens (including phenoxy) is 1. The van der Waals surface area contributed by atoms with Crippen LogP contribution >= 0.6 is 0 Å². The summed E-state index contributed by atoms with van der Waals surface area (Å²) in [5, 5.41) is 5.03. The van der Waals surface area contributed by atoms with Gasteiger partial charge in [0.25, 0.3) is 5.91 Å². The number of sulfonamides is 1. The van der Waals surface area contributed by atoms with Crippen LogP contribution in [0.3, 0.4) is 0 Å². The van der Waals surface area contributed by atoms with E-state index in [1.807, 2.05) is 24.3 Å². The minimum Gasteiger partial charge on any atom is -0.444 e. The molecular weight excluding hydrogens is 466 g/mol. The molecule has 1 fully saturated rings. The Bertz CT molecular complexity index is 1150. The first-order valence-corrected chi connectivity index (χ1v) is 13.4. The summed E-state index contributed by atoms with van der Waals surface area (Å²) in [5.41, 5.74) is 1.89. The lowest BCUT2D eigenvalue weighted by atomic mass is 9.94. The fourth-order valence-electron chi connectivity index (χ4n) is 4.02. The van der Waals surface area contributed by atoms with E-state index in [9.17, 15) is 18.0 Å². The Morgan fingerprint density at radius 1 is 0.971 bits per heavy atom. The van der Waals surface area contributed by atoms with Gasteiger partial charge in [-0.25, -0.2) is 17.9 Å². The molecule has 0 radical (unpaired) electrons. The van der Waals surface area contributed by atoms with Gasteiger partial charge in [-0.1, -0.05) is 24.6 Å². The quantitative estimate of drug-likeness (QED) is 0.480. The second kappa shape index (κ2) is 10.8. The van der Waals surface area contributed by atoms with Gasteiger partial charge in [0.05, 0.1) is 5.25 Å². The van der Waals surface area contributed by atoms with Crippen molar-refractivity contribution in [2.75, 3.05) is 10.6 Å². The number of nitrogens with one attached hydrogen (secondary N) is 3. The molecule has 3 rings (SSSR count). The maximum Gasteiger partial charge on any atom is 0.412 e. The van der Waals surface area contributed by atoms with Gasteiger partial charge in [0, 0.05) is 28.9 Å². The molecule has 0 spiro atoms. The molecule has 0 saturated heterocycles. The van der Waals surface area contributed by atoms with E-state index >= 15 is 0 Å². The molecule has 3 N–H and O–H groups in total. The van der Waals surface area contributed by atoms with Gasteiger partial charge in [0.1, 0.15) is 5.60 Å². The van der Waals surface area contributed by atoms with E-state index in [1.54, 1.807) is 58.9 Å². The number of hydrogen-bond donors (Lipinski definition) is 3. The molecule has 8 nitrogen and oxygen atoms in total. The van der Waals surface area contributed by atoms with E-state index in [-0.39, 0.29) is 17.9 Å². The highest BCUT2D eigenvalue weighted by Gasteiger charge is 2.32. The Balaban J connectivity index is 1.64. The average molecular weight is 502 g/mol. The van der Waals surface area contributed by atoms with Crippen LogP contribution in [0, 0.1) is 0 Å². The monoisotopic (exact) mass is 501 g/mol. The van der Waals surface area contributed by atoms with Gasteiger partial charge in [-0.3, -0.25) is 10.1 Å². The number of benzene rings is 2. The van der Waals surface area contributed by atoms with Gasteiger partial charge in [-0.2, -0.15) is 0 Å². The van der Waals surface area contributed by atoms with Crippen LogP contribution in [0.5, 0.6) is 0 Å². The van der Waals surface area contributed by atoms with Gasteiger partial charge >= 0.3 is 6.09 Å². The number of rotatable bonds is 7. The van der Waals surface area contributed by atoms with Crippen LogP contribution in [-0.2, 0) is 14.8 Å². The first-order chi connectivity index (χ1) is 16.3. The summed E-state index contributed by atoms with van der Waals surface area (Å²) in [6, 6.07) is 14.0. The summed E-state index contributed by atoms with van der Waals surface area (Å²) >= 11 is 0. The molecule has 9 heteroatoms. The zero-order chi connectivity index (χ0) is 25.8. The standard InChI is InChI=1S/C26H35N3O5S/c1-17(2)35(32,33)29-23-11-7-10-22(23)18-12-14-20(15-13-18)27-24(30)19-8-6-9-21(16-19)28-25(31)34-26(3,4)5/h6,8-9,12-17,22-23,29H,7,10-11H2,1-5H3,(H,27,30)(H,28,31)/t22-,23-/m1/s1. The van der Waals surface area contributed by atoms with E-state index in [2.05, 4.69) is 15.4 Å². The normalized spacial score (nSPS) is 18.3. The molecule has 1 aliphatic rings. The van der Waals surface area contributed by atoms with Crippen LogP contribution in [-0.4, -0.2) is 37.3 Å². The molecule has 2 amide bonds. The molecule has 35 heavy (non-hydrogen) atoms. The Labute approximate surface area is 207 Å². The maximum atomic E-state index is 12.8. The van der Waals surface area contributed by atoms with Gasteiger partial charge in [-0.15, -0.1) is 0 Å². The Kier molecular flexibility index (Phi) is 8.22. The van der Waals surface area contributed by atoms with Crippen molar-refractivity contribution in [3.05, 3.63) is 59.7 Å². The Morgan fingerprint density at radius 2 is 1.66 bits per heavy atom. The molecule has 0 bridgehead atoms. The average Bonchev–Trinajstić information content (AvgIpc) is 3.20. The topological polar surface area (TPSA) is 114 Å². The smallest absolute Gasteiger partial charge is 0.412 e. The molecule has 0 unspecified atom stereocenters. The van der Waals surface area contributed by atoms with Crippen LogP contribution < -0.4 is 15.4 Å². The fraction of sp³-hybridized carbons (Fsp3) is 0.462. The molecular formula is C26H35N3O5S. The zero-order valence-electron chi connectivity index (χ0n) is 20.9. The number of anilines is 2. The third-order valence-electron chi connectivity index (χ3n) is 5.82. The van der Waals surface area contributed by atoms with Crippen molar-refractivity contribution in [3.8, 4) is 0 Å². The van der Waals surface area contributed by atoms with E-state index < -0.39 is 27.0 Å². The third kappa shape index (κ3) is 7.53. The summed E-state index contributed by atoms with van der Waals surface area (Å²) in [5.74, 6) is -0.210. The van der Waals surface area contributed by atoms with Crippen molar-refractivity contribution in [2.45, 2.75) is 76.7 Å². The lowest BCUT2D eigenvalue weighted by Crippen LogP contribution is -2.40. The molecule has 1 saturated carbocycles. The van der Waals surface area contributed by atoms with Gasteiger partial charge in [-0.05, 0) is 83.4 Å². The molecule has 190 valence electrons. The molecule has 2 aromatic rings. The van der Waals surface area contributed by atoms with Crippen LogP contribution in [0.2, 0.25) is 0 Å². The second-order valence-corrected chi connectivity index (χ2v) is 12.4. The van der Waals surface area contributed by atoms with Gasteiger partial charge < -0.3 is 10.1 Å². The molecule has 2 aromatic carbocycles. The largest absolute Gasteiger partial charge is 0.444 e. The minimum absolute atomic E-state index is 0.101. The van der Waals surface area contributed by atoms with Gasteiger partial charge in [0.2, 0.25) is 10.0 Å². The third-order valence-corrected chi connectivity index (χ3v) is 7.69. The molecule has 1 aliphatic carbocycles. The fourth-order valence-corrected chi connectivity index (χ4v) is 5.00. The van der Waals surface area contributed by atoms with E-state index in [4.69, 9.17) is 4.74 Å². The number of carbonyl (C=O) groups is 2. The summed E-state index contributed by atoms with van der Waals surface area (Å²) in [4.78, 5) is 24.8. The van der Waals surface area contributed by atoms with E-state index in [0.29, 0.717) is 16.9 Å². The minimum atomic E-state index is -3.34. The number of amides is 2. The maximum absolute atomic E-state index is 12.8. The summed E-state index contributed by atoms with van der Waals surface area (Å²) < 4.78 is 32.8. The summed E-state index contributed by atoms with van der Waals surface area (Å²) in [6.45, 7) is 8.68. The molecule has 0 heterocycles. The number of hydrogen-bond acceptors (Lipinski definition) is 5. The van der Waals surface area contributed by atoms with Crippen molar-refractivity contribution in [2.24, 2.45) is 0 Å². The first kappa shape index (κ1) is 26.7. The molecule has 0 aromatic heterocycles. The van der Waals surface area contributed by atoms with Gasteiger partial charge in [0.15, 0.2) is 0 Å². The van der Waals surface area contributed by atoms with Crippen molar-refractivity contribution >= 4 is 33.4 Å². The Hall–Kier alpha value is -2.91. The SMILES string of the molecule is CC(C)S(=O)(=O)N[C@@H]1CCC[C@@H]1c1ccc(NC(=O)c2cccc(NC(=O)OC(C)(C)C)c2)cc1. The van der Waals surface area contributed by atoms with E-state index in [1.165, 1.54) is 0 Å². The van der Waals surface area contributed by atoms with Crippen molar-refractivity contribution < 1.29 is 22.7 Å². The highest BCUT2D eigenvalue weighted by molar-refractivity contribution is 7.90. The van der Waals surface area contributed by atoms with Crippen molar-refractivity contribution in [1.29, 1.82) is 0 Å². The predicted molar refractivity (Wildman–Crippen MR) is 138 cm³/mol. The van der Waals surface area contributed by atoms with Crippen LogP contribution in [0.25, 0.3) is 0 Å². The lowest BCUT2D eigenvalue weighted by Gasteiger charge is -2.23. The lowest BCUT2D eigenvalue weighted by molar-refractivity contribution is 0.0635. The summed E-state index contributed by atoms with van der Waals surface area (Å²) in [7, 11) is -3.34. The number of carbonyl (C=O) groups excluding carboxylic acids is 2. The molecule has 2 atom stereocenters. The second-order valence-electron chi connectivity index (χ2n) is 10.1. The highest BCUT2D eigenvalue weighted by atomic mass is 32.2. The van der Waals surface area contributed by atoms with Crippen LogP contribution in [0.1, 0.15) is 75.7 Å². The highest BCUT2D eigenvalue weighted by Crippen LogP contribution is 2.35. The zero-order valence-corrected chi connectivity index (χ0v) is 21.7. The summed E-state index contributed by atoms with van der Waals surface area (Å²) in [6.07, 6.45) is 2.09.